The first-order chi connectivity index (χ1) is 7.31. The predicted octanol–water partition coefficient (Wildman–Crippen LogP) is 1.75. The first-order valence-corrected chi connectivity index (χ1v) is 5.47. The van der Waals surface area contributed by atoms with Gasteiger partial charge in [0, 0.05) is 31.0 Å². The van der Waals surface area contributed by atoms with Crippen LogP contribution in [0.4, 0.5) is 11.5 Å². The van der Waals surface area contributed by atoms with E-state index in [4.69, 9.17) is 5.84 Å². The summed E-state index contributed by atoms with van der Waals surface area (Å²) in [5.74, 6) is 6.06. The Bertz CT molecular complexity index is 320. The minimum absolute atomic E-state index is 0.679. The number of nitrogen functional groups attached to an aromatic ring is 1. The van der Waals surface area contributed by atoms with Gasteiger partial charge < -0.3 is 10.3 Å². The molecule has 4 nitrogen and oxygen atoms in total. The Hall–Kier alpha value is -1.29. The van der Waals surface area contributed by atoms with Crippen LogP contribution in [0, 0.1) is 0 Å². The quantitative estimate of drug-likeness (QED) is 0.584. The topological polar surface area (TPSA) is 54.2 Å². The predicted molar refractivity (Wildman–Crippen MR) is 62.7 cm³/mol. The van der Waals surface area contributed by atoms with Gasteiger partial charge in [-0.2, -0.15) is 0 Å². The maximum Gasteiger partial charge on any atom is 0.141 e. The van der Waals surface area contributed by atoms with E-state index in [2.05, 4.69) is 22.4 Å². The van der Waals surface area contributed by atoms with Crippen molar-refractivity contribution in [2.45, 2.75) is 31.7 Å². The summed E-state index contributed by atoms with van der Waals surface area (Å²) in [6, 6.07) is 4.69. The summed E-state index contributed by atoms with van der Waals surface area (Å²) in [4.78, 5) is 6.43. The summed E-state index contributed by atoms with van der Waals surface area (Å²) in [6.45, 7) is 0. The molecule has 0 radical (unpaired) electrons. The van der Waals surface area contributed by atoms with Crippen LogP contribution in [0.3, 0.4) is 0 Å². The Morgan fingerprint density at radius 3 is 2.87 bits per heavy atom. The highest BCUT2D eigenvalue weighted by Gasteiger charge is 2.19. The van der Waals surface area contributed by atoms with Gasteiger partial charge >= 0.3 is 0 Å². The van der Waals surface area contributed by atoms with Gasteiger partial charge in [0.05, 0.1) is 0 Å². The van der Waals surface area contributed by atoms with Crippen LogP contribution >= 0.6 is 0 Å². The Morgan fingerprint density at radius 2 is 2.20 bits per heavy atom. The summed E-state index contributed by atoms with van der Waals surface area (Å²) < 4.78 is 0. The van der Waals surface area contributed by atoms with Gasteiger partial charge in [-0.3, -0.25) is 0 Å². The van der Waals surface area contributed by atoms with E-state index in [9.17, 15) is 0 Å². The lowest BCUT2D eigenvalue weighted by molar-refractivity contribution is 0.653. The van der Waals surface area contributed by atoms with E-state index >= 15 is 0 Å². The zero-order chi connectivity index (χ0) is 10.7. The maximum atomic E-state index is 5.34. The molecule has 15 heavy (non-hydrogen) atoms. The van der Waals surface area contributed by atoms with Crippen molar-refractivity contribution < 1.29 is 0 Å². The fourth-order valence-electron chi connectivity index (χ4n) is 2.22. The van der Waals surface area contributed by atoms with Gasteiger partial charge in [0.25, 0.3) is 0 Å². The smallest absolute Gasteiger partial charge is 0.141 e. The number of aromatic nitrogens is 1. The highest BCUT2D eigenvalue weighted by Crippen LogP contribution is 2.27. The molecule has 1 heterocycles. The normalized spacial score (nSPS) is 16.7. The van der Waals surface area contributed by atoms with Crippen LogP contribution in [-0.4, -0.2) is 18.1 Å². The van der Waals surface area contributed by atoms with Crippen LogP contribution in [0.15, 0.2) is 18.3 Å². The number of anilines is 2. The molecule has 0 aromatic carbocycles. The molecule has 0 aliphatic heterocycles. The second-order valence-electron chi connectivity index (χ2n) is 4.09. The van der Waals surface area contributed by atoms with Crippen LogP contribution in [0.1, 0.15) is 25.7 Å². The Morgan fingerprint density at radius 1 is 1.47 bits per heavy atom. The van der Waals surface area contributed by atoms with Crippen molar-refractivity contribution in [2.75, 3.05) is 17.4 Å². The second-order valence-corrected chi connectivity index (χ2v) is 4.09. The number of nitrogens with zero attached hydrogens (tertiary/aromatic N) is 2. The van der Waals surface area contributed by atoms with Crippen molar-refractivity contribution in [3.05, 3.63) is 18.3 Å². The minimum Gasteiger partial charge on any atom is -0.371 e. The molecule has 1 aromatic heterocycles. The molecule has 0 amide bonds. The van der Waals surface area contributed by atoms with Crippen molar-refractivity contribution in [3.63, 3.8) is 0 Å². The van der Waals surface area contributed by atoms with Gasteiger partial charge in [-0.1, -0.05) is 12.8 Å². The molecule has 2 rings (SSSR count). The highest BCUT2D eigenvalue weighted by molar-refractivity contribution is 5.53. The third kappa shape index (κ3) is 2.21. The van der Waals surface area contributed by atoms with E-state index in [0.717, 1.165) is 5.82 Å². The fraction of sp³-hybridized carbons (Fsp3) is 0.545. The molecular formula is C11H18N4. The second kappa shape index (κ2) is 4.49. The molecule has 4 heteroatoms. The summed E-state index contributed by atoms with van der Waals surface area (Å²) in [5.41, 5.74) is 3.76. The van der Waals surface area contributed by atoms with Crippen LogP contribution in [0.25, 0.3) is 0 Å². The van der Waals surface area contributed by atoms with Crippen molar-refractivity contribution in [2.24, 2.45) is 5.84 Å². The standard InChI is InChI=1S/C11H18N4/c1-15(9-4-2-3-5-9)10-6-7-13-11(8-10)14-12/h6-9H,2-5,12H2,1H3,(H,13,14). The van der Waals surface area contributed by atoms with E-state index in [-0.39, 0.29) is 0 Å². The number of nitrogens with two attached hydrogens (primary N) is 1. The first kappa shape index (κ1) is 10.2. The molecule has 0 atom stereocenters. The van der Waals surface area contributed by atoms with Gasteiger partial charge in [0.2, 0.25) is 0 Å². The Balaban J connectivity index is 2.13. The molecule has 1 aliphatic carbocycles. The van der Waals surface area contributed by atoms with E-state index in [1.54, 1.807) is 6.20 Å². The third-order valence-electron chi connectivity index (χ3n) is 3.17. The van der Waals surface area contributed by atoms with Gasteiger partial charge in [-0.05, 0) is 18.9 Å². The Kier molecular flexibility index (Phi) is 3.06. The zero-order valence-corrected chi connectivity index (χ0v) is 9.11. The minimum atomic E-state index is 0.679. The molecule has 0 saturated heterocycles. The van der Waals surface area contributed by atoms with E-state index in [1.807, 2.05) is 12.1 Å². The molecular weight excluding hydrogens is 188 g/mol. The SMILES string of the molecule is CN(c1ccnc(NN)c1)C1CCCC1. The average molecular weight is 206 g/mol. The molecule has 1 aliphatic rings. The van der Waals surface area contributed by atoms with E-state index < -0.39 is 0 Å². The van der Waals surface area contributed by atoms with Crippen LogP contribution in [0.2, 0.25) is 0 Å². The summed E-state index contributed by atoms with van der Waals surface area (Å²) in [6.07, 6.45) is 7.08. The highest BCUT2D eigenvalue weighted by atomic mass is 15.3. The van der Waals surface area contributed by atoms with E-state index in [0.29, 0.717) is 6.04 Å². The maximum absolute atomic E-state index is 5.34. The molecule has 3 N–H and O–H groups in total. The summed E-state index contributed by atoms with van der Waals surface area (Å²) in [5, 5.41) is 0. The lowest BCUT2D eigenvalue weighted by Crippen LogP contribution is -2.28. The molecule has 0 bridgehead atoms. The molecule has 0 unspecified atom stereocenters. The molecule has 1 aromatic rings. The van der Waals surface area contributed by atoms with Gasteiger partial charge in [0.1, 0.15) is 5.82 Å². The monoisotopic (exact) mass is 206 g/mol. The number of hydrogen-bond acceptors (Lipinski definition) is 4. The molecule has 1 fully saturated rings. The van der Waals surface area contributed by atoms with Crippen LogP contribution in [0.5, 0.6) is 0 Å². The largest absolute Gasteiger partial charge is 0.371 e. The summed E-state index contributed by atoms with van der Waals surface area (Å²) in [7, 11) is 2.14. The molecule has 82 valence electrons. The number of nitrogens with one attached hydrogen (secondary N) is 1. The van der Waals surface area contributed by atoms with Gasteiger partial charge in [-0.15, -0.1) is 0 Å². The number of rotatable bonds is 3. The van der Waals surface area contributed by atoms with Crippen molar-refractivity contribution in [1.29, 1.82) is 0 Å². The number of hydrogen-bond donors (Lipinski definition) is 2. The van der Waals surface area contributed by atoms with Crippen molar-refractivity contribution in [1.82, 2.24) is 4.98 Å². The van der Waals surface area contributed by atoms with Crippen molar-refractivity contribution in [3.8, 4) is 0 Å². The fourth-order valence-corrected chi connectivity index (χ4v) is 2.22. The summed E-state index contributed by atoms with van der Waals surface area (Å²) >= 11 is 0. The number of pyridine rings is 1. The van der Waals surface area contributed by atoms with Crippen LogP contribution in [-0.2, 0) is 0 Å². The number of hydrazine groups is 1. The lowest BCUT2D eigenvalue weighted by atomic mass is 10.2. The third-order valence-corrected chi connectivity index (χ3v) is 3.17. The average Bonchev–Trinajstić information content (AvgIpc) is 2.81. The van der Waals surface area contributed by atoms with Gasteiger partial charge in [0.15, 0.2) is 0 Å². The van der Waals surface area contributed by atoms with Crippen molar-refractivity contribution >= 4 is 11.5 Å². The lowest BCUT2D eigenvalue weighted by Gasteiger charge is -2.26. The van der Waals surface area contributed by atoms with Crippen LogP contribution < -0.4 is 16.2 Å². The first-order valence-electron chi connectivity index (χ1n) is 5.47. The zero-order valence-electron chi connectivity index (χ0n) is 9.11. The van der Waals surface area contributed by atoms with E-state index in [1.165, 1.54) is 31.4 Å². The molecule has 1 saturated carbocycles. The van der Waals surface area contributed by atoms with Gasteiger partial charge in [-0.25, -0.2) is 10.8 Å². The Labute approximate surface area is 90.5 Å². The molecule has 0 spiro atoms.